The van der Waals surface area contributed by atoms with Gasteiger partial charge in [-0.05, 0) is 42.7 Å². The molecule has 6 nitrogen and oxygen atoms in total. The number of carbonyl (C=O) groups is 1. The lowest BCUT2D eigenvalue weighted by molar-refractivity contribution is -0.116. The smallest absolute Gasteiger partial charge is 0.163 e. The van der Waals surface area contributed by atoms with Gasteiger partial charge >= 0.3 is 0 Å². The molecule has 6 heteroatoms. The summed E-state index contributed by atoms with van der Waals surface area (Å²) in [6.07, 6.45) is 2.26. The zero-order valence-electron chi connectivity index (χ0n) is 16.5. The first-order valence-electron chi connectivity index (χ1n) is 9.88. The van der Waals surface area contributed by atoms with Crippen molar-refractivity contribution in [1.29, 1.82) is 0 Å². The summed E-state index contributed by atoms with van der Waals surface area (Å²) in [4.78, 5) is 13.0. The number of ketones is 1. The monoisotopic (exact) mass is 393 g/mol. The van der Waals surface area contributed by atoms with Crippen LogP contribution >= 0.6 is 0 Å². The molecular formula is C23H23NO5. The van der Waals surface area contributed by atoms with E-state index in [0.717, 1.165) is 58.2 Å². The van der Waals surface area contributed by atoms with E-state index in [1.165, 1.54) is 0 Å². The van der Waals surface area contributed by atoms with Crippen LogP contribution < -0.4 is 24.3 Å². The number of methoxy groups -OCH3 is 2. The number of fused-ring (bicyclic) bond motifs is 2. The van der Waals surface area contributed by atoms with Crippen molar-refractivity contribution in [3.05, 3.63) is 52.7 Å². The molecule has 1 unspecified atom stereocenters. The van der Waals surface area contributed by atoms with Crippen LogP contribution in [0, 0.1) is 0 Å². The minimum Gasteiger partial charge on any atom is -0.497 e. The summed E-state index contributed by atoms with van der Waals surface area (Å²) in [6.45, 7) is 1.05. The highest BCUT2D eigenvalue weighted by Gasteiger charge is 2.37. The molecule has 150 valence electrons. The van der Waals surface area contributed by atoms with Crippen LogP contribution in [-0.4, -0.2) is 33.2 Å². The number of hydrogen-bond acceptors (Lipinski definition) is 6. The fraction of sp³-hybridized carbons (Fsp3) is 0.348. The first-order valence-corrected chi connectivity index (χ1v) is 9.88. The van der Waals surface area contributed by atoms with E-state index in [2.05, 4.69) is 5.32 Å². The first-order chi connectivity index (χ1) is 14.2. The Morgan fingerprint density at radius 3 is 2.52 bits per heavy atom. The summed E-state index contributed by atoms with van der Waals surface area (Å²) < 4.78 is 22.7. The quantitative estimate of drug-likeness (QED) is 0.849. The maximum atomic E-state index is 13.0. The number of benzene rings is 2. The van der Waals surface area contributed by atoms with Gasteiger partial charge < -0.3 is 24.3 Å². The van der Waals surface area contributed by atoms with Crippen LogP contribution in [-0.2, 0) is 4.79 Å². The summed E-state index contributed by atoms with van der Waals surface area (Å²) in [5.41, 5.74) is 4.63. The third-order valence-corrected chi connectivity index (χ3v) is 5.80. The van der Waals surface area contributed by atoms with Gasteiger partial charge in [-0.2, -0.15) is 0 Å². The summed E-state index contributed by atoms with van der Waals surface area (Å²) in [5.74, 6) is 2.80. The number of rotatable bonds is 3. The molecule has 2 aliphatic heterocycles. The van der Waals surface area contributed by atoms with E-state index in [1.54, 1.807) is 14.2 Å². The summed E-state index contributed by atoms with van der Waals surface area (Å²) in [5, 5.41) is 3.50. The van der Waals surface area contributed by atoms with Crippen LogP contribution in [0.25, 0.3) is 0 Å². The zero-order valence-corrected chi connectivity index (χ0v) is 16.5. The second kappa shape index (κ2) is 7.03. The molecule has 29 heavy (non-hydrogen) atoms. The van der Waals surface area contributed by atoms with Gasteiger partial charge in [0.1, 0.15) is 24.7 Å². The highest BCUT2D eigenvalue weighted by molar-refractivity contribution is 6.01. The second-order valence-electron chi connectivity index (χ2n) is 7.42. The third-order valence-electron chi connectivity index (χ3n) is 5.80. The van der Waals surface area contributed by atoms with Gasteiger partial charge in [0.25, 0.3) is 0 Å². The van der Waals surface area contributed by atoms with Crippen molar-refractivity contribution in [2.24, 2.45) is 0 Å². The Bertz CT molecular complexity index is 1030. The minimum absolute atomic E-state index is 0.175. The lowest BCUT2D eigenvalue weighted by atomic mass is 9.75. The van der Waals surface area contributed by atoms with Crippen LogP contribution in [0.15, 0.2) is 41.6 Å². The SMILES string of the molecule is COc1ccc(OC)c(C2C3=C(CCCC3=O)Nc3cc4c(cc32)OCCO4)c1. The van der Waals surface area contributed by atoms with E-state index in [9.17, 15) is 4.79 Å². The molecule has 0 aromatic heterocycles. The molecule has 1 aliphatic carbocycles. The Labute approximate surface area is 169 Å². The number of nitrogens with one attached hydrogen (secondary N) is 1. The second-order valence-corrected chi connectivity index (χ2v) is 7.42. The summed E-state index contributed by atoms with van der Waals surface area (Å²) in [7, 11) is 3.29. The van der Waals surface area contributed by atoms with Gasteiger partial charge in [-0.3, -0.25) is 4.79 Å². The molecule has 5 rings (SSSR count). The fourth-order valence-electron chi connectivity index (χ4n) is 4.49. The Hall–Kier alpha value is -3.15. The van der Waals surface area contributed by atoms with Crippen LogP contribution in [0.1, 0.15) is 36.3 Å². The summed E-state index contributed by atoms with van der Waals surface area (Å²) in [6, 6.07) is 9.69. The van der Waals surface area contributed by atoms with E-state index in [-0.39, 0.29) is 11.7 Å². The van der Waals surface area contributed by atoms with E-state index in [0.29, 0.717) is 25.4 Å². The Balaban J connectivity index is 1.76. The lowest BCUT2D eigenvalue weighted by Crippen LogP contribution is -2.27. The molecule has 0 amide bonds. The molecule has 2 aromatic rings. The van der Waals surface area contributed by atoms with Gasteiger partial charge in [0, 0.05) is 40.9 Å². The summed E-state index contributed by atoms with van der Waals surface area (Å²) >= 11 is 0. The van der Waals surface area contributed by atoms with Crippen molar-refractivity contribution >= 4 is 11.5 Å². The normalized spacial score (nSPS) is 19.8. The van der Waals surface area contributed by atoms with Gasteiger partial charge in [0.05, 0.1) is 14.2 Å². The number of anilines is 1. The molecular weight excluding hydrogens is 370 g/mol. The predicted molar refractivity (Wildman–Crippen MR) is 108 cm³/mol. The van der Waals surface area contributed by atoms with Crippen molar-refractivity contribution in [3.8, 4) is 23.0 Å². The molecule has 2 aromatic carbocycles. The highest BCUT2D eigenvalue weighted by atomic mass is 16.6. The predicted octanol–water partition coefficient (Wildman–Crippen LogP) is 4.04. The third kappa shape index (κ3) is 2.90. The van der Waals surface area contributed by atoms with Gasteiger partial charge in [0.15, 0.2) is 17.3 Å². The molecule has 1 N–H and O–H groups in total. The van der Waals surface area contributed by atoms with Crippen molar-refractivity contribution in [2.75, 3.05) is 32.8 Å². The van der Waals surface area contributed by atoms with Gasteiger partial charge in [-0.25, -0.2) is 0 Å². The van der Waals surface area contributed by atoms with E-state index in [1.807, 2.05) is 30.3 Å². The molecule has 0 bridgehead atoms. The van der Waals surface area contributed by atoms with E-state index >= 15 is 0 Å². The standard InChI is InChI=1S/C23H23NO5/c1-26-13-6-7-19(27-2)15(10-13)22-14-11-20-21(29-9-8-28-20)12-17(14)24-16-4-3-5-18(25)23(16)22/h6-7,10-12,22,24H,3-5,8-9H2,1-2H3. The van der Waals surface area contributed by atoms with Crippen molar-refractivity contribution < 1.29 is 23.7 Å². The number of hydrogen-bond donors (Lipinski definition) is 1. The molecule has 0 fully saturated rings. The molecule has 3 aliphatic rings. The Morgan fingerprint density at radius 2 is 1.76 bits per heavy atom. The topological polar surface area (TPSA) is 66.0 Å². The average molecular weight is 393 g/mol. The Morgan fingerprint density at radius 1 is 0.966 bits per heavy atom. The molecule has 1 atom stereocenters. The van der Waals surface area contributed by atoms with Crippen LogP contribution in [0.3, 0.4) is 0 Å². The van der Waals surface area contributed by atoms with E-state index in [4.69, 9.17) is 18.9 Å². The maximum Gasteiger partial charge on any atom is 0.163 e. The van der Waals surface area contributed by atoms with E-state index < -0.39 is 0 Å². The number of carbonyl (C=O) groups excluding carboxylic acids is 1. The number of ether oxygens (including phenoxy) is 4. The van der Waals surface area contributed by atoms with Gasteiger partial charge in [-0.15, -0.1) is 0 Å². The van der Waals surface area contributed by atoms with Crippen molar-refractivity contribution in [2.45, 2.75) is 25.2 Å². The number of Topliss-reactive ketones (excluding diaryl/α,β-unsaturated/α-hetero) is 1. The van der Waals surface area contributed by atoms with Crippen LogP contribution in [0.4, 0.5) is 5.69 Å². The largest absolute Gasteiger partial charge is 0.497 e. The Kier molecular flexibility index (Phi) is 4.34. The molecule has 0 saturated carbocycles. The van der Waals surface area contributed by atoms with Crippen LogP contribution in [0.5, 0.6) is 23.0 Å². The van der Waals surface area contributed by atoms with Gasteiger partial charge in [-0.1, -0.05) is 0 Å². The van der Waals surface area contributed by atoms with Crippen molar-refractivity contribution in [3.63, 3.8) is 0 Å². The fourth-order valence-corrected chi connectivity index (χ4v) is 4.49. The average Bonchev–Trinajstić information content (AvgIpc) is 2.76. The molecule has 0 saturated heterocycles. The maximum absolute atomic E-state index is 13.0. The van der Waals surface area contributed by atoms with Gasteiger partial charge in [0.2, 0.25) is 0 Å². The first kappa shape index (κ1) is 17.9. The van der Waals surface area contributed by atoms with Crippen LogP contribution in [0.2, 0.25) is 0 Å². The minimum atomic E-state index is -0.255. The zero-order chi connectivity index (χ0) is 20.0. The lowest BCUT2D eigenvalue weighted by Gasteiger charge is -2.35. The molecule has 0 radical (unpaired) electrons. The van der Waals surface area contributed by atoms with Crippen molar-refractivity contribution in [1.82, 2.24) is 0 Å². The highest BCUT2D eigenvalue weighted by Crippen LogP contribution is 2.51. The number of allylic oxidation sites excluding steroid dienone is 2. The molecule has 2 heterocycles. The molecule has 0 spiro atoms.